The largest absolute Gasteiger partial charge is 0.497 e. The second-order valence-electron chi connectivity index (χ2n) is 6.27. The Balaban J connectivity index is 1.38. The number of halogens is 1. The van der Waals surface area contributed by atoms with Gasteiger partial charge in [-0.15, -0.1) is 0 Å². The first-order chi connectivity index (χ1) is 13.1. The molecule has 0 bridgehead atoms. The Kier molecular flexibility index (Phi) is 4.80. The Bertz CT molecular complexity index is 1000. The number of nitrogens with one attached hydrogen (secondary N) is 1. The van der Waals surface area contributed by atoms with Crippen LogP contribution in [0.15, 0.2) is 36.4 Å². The molecule has 140 valence electrons. The number of anilines is 2. The van der Waals surface area contributed by atoms with Gasteiger partial charge in [-0.25, -0.2) is 4.98 Å². The van der Waals surface area contributed by atoms with Crippen molar-refractivity contribution in [3.05, 3.63) is 41.4 Å². The summed E-state index contributed by atoms with van der Waals surface area (Å²) in [7, 11) is 3.21. The number of ether oxygens (including phenoxy) is 2. The standard InChI is InChI=1S/C19H18ClN3O3S/c1-25-13-4-5-15-17(8-13)27-19(22-15)23-9-11(10-23)18(24)21-12-3-6-16(26-2)14(20)7-12/h3-8,11H,9-10H2,1-2H3,(H,21,24). The highest BCUT2D eigenvalue weighted by Gasteiger charge is 2.34. The van der Waals surface area contributed by atoms with Crippen LogP contribution >= 0.6 is 22.9 Å². The summed E-state index contributed by atoms with van der Waals surface area (Å²) < 4.78 is 11.5. The predicted octanol–water partition coefficient (Wildman–Crippen LogP) is 4.04. The summed E-state index contributed by atoms with van der Waals surface area (Å²) in [5, 5.41) is 4.30. The fourth-order valence-electron chi connectivity index (χ4n) is 2.94. The minimum atomic E-state index is -0.0765. The molecule has 4 rings (SSSR count). The van der Waals surface area contributed by atoms with Crippen LogP contribution in [0.1, 0.15) is 0 Å². The molecule has 1 aliphatic rings. The summed E-state index contributed by atoms with van der Waals surface area (Å²) in [6, 6.07) is 11.0. The summed E-state index contributed by atoms with van der Waals surface area (Å²) in [4.78, 5) is 19.2. The number of nitrogens with zero attached hydrogens (tertiary/aromatic N) is 2. The lowest BCUT2D eigenvalue weighted by Gasteiger charge is -2.37. The Labute approximate surface area is 165 Å². The smallest absolute Gasteiger partial charge is 0.231 e. The van der Waals surface area contributed by atoms with Crippen molar-refractivity contribution in [1.29, 1.82) is 0 Å². The number of hydrogen-bond acceptors (Lipinski definition) is 6. The Hall–Kier alpha value is -2.51. The van der Waals surface area contributed by atoms with Crippen LogP contribution in [0.4, 0.5) is 10.8 Å². The van der Waals surface area contributed by atoms with E-state index in [9.17, 15) is 4.79 Å². The van der Waals surface area contributed by atoms with Crippen molar-refractivity contribution >= 4 is 49.9 Å². The highest BCUT2D eigenvalue weighted by atomic mass is 35.5. The van der Waals surface area contributed by atoms with Gasteiger partial charge in [0.1, 0.15) is 11.5 Å². The van der Waals surface area contributed by atoms with E-state index < -0.39 is 0 Å². The molecule has 1 aliphatic heterocycles. The molecule has 0 radical (unpaired) electrons. The lowest BCUT2D eigenvalue weighted by atomic mass is 10.00. The summed E-state index contributed by atoms with van der Waals surface area (Å²) in [5.74, 6) is 1.30. The minimum absolute atomic E-state index is 0.0183. The van der Waals surface area contributed by atoms with Gasteiger partial charge in [0.2, 0.25) is 5.91 Å². The lowest BCUT2D eigenvalue weighted by molar-refractivity contribution is -0.120. The van der Waals surface area contributed by atoms with E-state index in [0.29, 0.717) is 29.5 Å². The van der Waals surface area contributed by atoms with E-state index in [4.69, 9.17) is 21.1 Å². The fourth-order valence-corrected chi connectivity index (χ4v) is 4.21. The second kappa shape index (κ2) is 7.25. The van der Waals surface area contributed by atoms with E-state index in [1.807, 2.05) is 18.2 Å². The highest BCUT2D eigenvalue weighted by molar-refractivity contribution is 7.22. The number of aromatic nitrogens is 1. The summed E-state index contributed by atoms with van der Waals surface area (Å²) in [6.45, 7) is 1.29. The maximum atomic E-state index is 12.4. The normalized spacial score (nSPS) is 14.1. The Morgan fingerprint density at radius 1 is 1.22 bits per heavy atom. The van der Waals surface area contributed by atoms with Gasteiger partial charge in [0.05, 0.1) is 35.4 Å². The molecule has 6 nitrogen and oxygen atoms in total. The van der Waals surface area contributed by atoms with Crippen LogP contribution in [0, 0.1) is 5.92 Å². The fraction of sp³-hybridized carbons (Fsp3) is 0.263. The maximum absolute atomic E-state index is 12.4. The quantitative estimate of drug-likeness (QED) is 0.696. The number of amides is 1. The number of carbonyl (C=O) groups excluding carboxylic acids is 1. The molecule has 8 heteroatoms. The van der Waals surface area contributed by atoms with Gasteiger partial charge in [-0.1, -0.05) is 22.9 Å². The third-order valence-corrected chi connectivity index (χ3v) is 5.90. The predicted molar refractivity (Wildman–Crippen MR) is 109 cm³/mol. The third-order valence-electron chi connectivity index (χ3n) is 4.53. The number of fused-ring (bicyclic) bond motifs is 1. The lowest BCUT2D eigenvalue weighted by Crippen LogP contribution is -2.52. The molecule has 1 saturated heterocycles. The van der Waals surface area contributed by atoms with Crippen LogP contribution in [0.25, 0.3) is 10.2 Å². The van der Waals surface area contributed by atoms with E-state index in [0.717, 1.165) is 21.1 Å². The van der Waals surface area contributed by atoms with Gasteiger partial charge in [0.15, 0.2) is 5.13 Å². The topological polar surface area (TPSA) is 63.7 Å². The molecule has 0 atom stereocenters. The van der Waals surface area contributed by atoms with E-state index in [-0.39, 0.29) is 11.8 Å². The van der Waals surface area contributed by atoms with Crippen molar-refractivity contribution in [2.45, 2.75) is 0 Å². The van der Waals surface area contributed by atoms with Gasteiger partial charge >= 0.3 is 0 Å². The maximum Gasteiger partial charge on any atom is 0.231 e. The van der Waals surface area contributed by atoms with E-state index in [1.165, 1.54) is 0 Å². The molecule has 0 aliphatic carbocycles. The Morgan fingerprint density at radius 3 is 2.74 bits per heavy atom. The molecule has 1 aromatic heterocycles. The summed E-state index contributed by atoms with van der Waals surface area (Å²) in [5.41, 5.74) is 1.60. The zero-order valence-corrected chi connectivity index (χ0v) is 16.4. The molecule has 1 amide bonds. The van der Waals surface area contributed by atoms with Crippen molar-refractivity contribution in [1.82, 2.24) is 4.98 Å². The van der Waals surface area contributed by atoms with Gasteiger partial charge in [-0.2, -0.15) is 0 Å². The molecule has 1 fully saturated rings. The summed E-state index contributed by atoms with van der Waals surface area (Å²) in [6.07, 6.45) is 0. The van der Waals surface area contributed by atoms with Crippen LogP contribution < -0.4 is 19.7 Å². The molecule has 2 aromatic carbocycles. The number of carbonyl (C=O) groups is 1. The van der Waals surface area contributed by atoms with Crippen LogP contribution in [0.2, 0.25) is 5.02 Å². The zero-order chi connectivity index (χ0) is 19.0. The number of rotatable bonds is 5. The molecular weight excluding hydrogens is 386 g/mol. The van der Waals surface area contributed by atoms with Gasteiger partial charge < -0.3 is 19.7 Å². The van der Waals surface area contributed by atoms with Crippen molar-refractivity contribution in [2.24, 2.45) is 5.92 Å². The number of thiazole rings is 1. The second-order valence-corrected chi connectivity index (χ2v) is 7.69. The average Bonchev–Trinajstić information content (AvgIpc) is 3.03. The average molecular weight is 404 g/mol. The van der Waals surface area contributed by atoms with Crippen molar-refractivity contribution in [3.63, 3.8) is 0 Å². The molecule has 1 N–H and O–H groups in total. The van der Waals surface area contributed by atoms with Crippen LogP contribution in [0.3, 0.4) is 0 Å². The van der Waals surface area contributed by atoms with Gasteiger partial charge in [0.25, 0.3) is 0 Å². The number of methoxy groups -OCH3 is 2. The molecule has 0 unspecified atom stereocenters. The van der Waals surface area contributed by atoms with Crippen molar-refractivity contribution in [2.75, 3.05) is 37.5 Å². The van der Waals surface area contributed by atoms with Gasteiger partial charge in [-0.3, -0.25) is 4.79 Å². The molecule has 3 aromatic rings. The molecule has 27 heavy (non-hydrogen) atoms. The first-order valence-corrected chi connectivity index (χ1v) is 9.61. The minimum Gasteiger partial charge on any atom is -0.497 e. The van der Waals surface area contributed by atoms with Crippen LogP contribution in [-0.2, 0) is 4.79 Å². The monoisotopic (exact) mass is 403 g/mol. The Morgan fingerprint density at radius 2 is 2.04 bits per heavy atom. The number of benzene rings is 2. The third kappa shape index (κ3) is 3.52. The molecular formula is C19H18ClN3O3S. The van der Waals surface area contributed by atoms with E-state index >= 15 is 0 Å². The summed E-state index contributed by atoms with van der Waals surface area (Å²) >= 11 is 7.71. The first kappa shape index (κ1) is 17.9. The molecule has 2 heterocycles. The van der Waals surface area contributed by atoms with Crippen LogP contribution in [0.5, 0.6) is 11.5 Å². The molecule has 0 spiro atoms. The van der Waals surface area contributed by atoms with Crippen molar-refractivity contribution < 1.29 is 14.3 Å². The molecule has 0 saturated carbocycles. The van der Waals surface area contributed by atoms with E-state index in [1.54, 1.807) is 43.8 Å². The van der Waals surface area contributed by atoms with E-state index in [2.05, 4.69) is 15.2 Å². The highest BCUT2D eigenvalue weighted by Crippen LogP contribution is 2.35. The zero-order valence-electron chi connectivity index (χ0n) is 14.9. The first-order valence-electron chi connectivity index (χ1n) is 8.41. The van der Waals surface area contributed by atoms with Gasteiger partial charge in [0, 0.05) is 18.8 Å². The number of hydrogen-bond donors (Lipinski definition) is 1. The van der Waals surface area contributed by atoms with Crippen LogP contribution in [-0.4, -0.2) is 38.2 Å². The van der Waals surface area contributed by atoms with Gasteiger partial charge in [-0.05, 0) is 36.4 Å². The van der Waals surface area contributed by atoms with Crippen molar-refractivity contribution in [3.8, 4) is 11.5 Å². The SMILES string of the molecule is COc1ccc2nc(N3CC(C(=O)Nc4ccc(OC)c(Cl)c4)C3)sc2c1.